The number of rotatable bonds is 5. The lowest BCUT2D eigenvalue weighted by Gasteiger charge is -2.06. The van der Waals surface area contributed by atoms with Crippen molar-refractivity contribution in [3.8, 4) is 11.5 Å². The van der Waals surface area contributed by atoms with E-state index < -0.39 is 5.97 Å². The third-order valence-electron chi connectivity index (χ3n) is 3.65. The van der Waals surface area contributed by atoms with Gasteiger partial charge in [-0.05, 0) is 25.1 Å². The van der Waals surface area contributed by atoms with Crippen LogP contribution in [0.1, 0.15) is 51.9 Å². The number of aromatic nitrogens is 1. The minimum atomic E-state index is -0.619. The molecule has 2 aromatic rings. The Labute approximate surface area is 138 Å². The maximum absolute atomic E-state index is 12.3. The summed E-state index contributed by atoms with van der Waals surface area (Å²) in [4.78, 5) is 24.5. The van der Waals surface area contributed by atoms with Crippen LogP contribution in [0, 0.1) is 6.92 Å². The Morgan fingerprint density at radius 1 is 1.25 bits per heavy atom. The first-order chi connectivity index (χ1) is 11.5. The second kappa shape index (κ2) is 6.35. The number of nitrogens with zero attached hydrogens (tertiary/aromatic N) is 1. The summed E-state index contributed by atoms with van der Waals surface area (Å²) >= 11 is 0. The Kier molecular flexibility index (Phi) is 4.24. The van der Waals surface area contributed by atoms with Crippen molar-refractivity contribution in [2.75, 3.05) is 13.4 Å². The first kappa shape index (κ1) is 16.0. The van der Waals surface area contributed by atoms with E-state index in [1.807, 2.05) is 13.8 Å². The number of hydrogen-bond acceptors (Lipinski definition) is 7. The van der Waals surface area contributed by atoms with Crippen LogP contribution in [0.2, 0.25) is 0 Å². The van der Waals surface area contributed by atoms with E-state index in [1.165, 1.54) is 0 Å². The molecular weight excluding hydrogens is 314 g/mol. The zero-order chi connectivity index (χ0) is 17.3. The largest absolute Gasteiger partial charge is 0.454 e. The van der Waals surface area contributed by atoms with E-state index in [0.717, 1.165) is 0 Å². The number of ether oxygens (including phenoxy) is 3. The molecular formula is C17H17NO6. The van der Waals surface area contributed by atoms with Crippen LogP contribution in [0.15, 0.2) is 22.7 Å². The molecule has 2 heterocycles. The zero-order valence-corrected chi connectivity index (χ0v) is 13.6. The number of hydrogen-bond donors (Lipinski definition) is 0. The van der Waals surface area contributed by atoms with E-state index in [-0.39, 0.29) is 30.7 Å². The minimum absolute atomic E-state index is 0.0155. The van der Waals surface area contributed by atoms with Gasteiger partial charge < -0.3 is 18.7 Å². The van der Waals surface area contributed by atoms with Crippen LogP contribution in [-0.4, -0.2) is 30.3 Å². The third-order valence-corrected chi connectivity index (χ3v) is 3.65. The van der Waals surface area contributed by atoms with Gasteiger partial charge in [-0.15, -0.1) is 0 Å². The van der Waals surface area contributed by atoms with E-state index in [1.54, 1.807) is 25.1 Å². The lowest BCUT2D eigenvalue weighted by Crippen LogP contribution is -2.16. The van der Waals surface area contributed by atoms with Crippen molar-refractivity contribution in [2.24, 2.45) is 0 Å². The van der Waals surface area contributed by atoms with E-state index in [4.69, 9.17) is 18.7 Å². The molecule has 126 valence electrons. The lowest BCUT2D eigenvalue weighted by molar-refractivity contribution is 0.0471. The summed E-state index contributed by atoms with van der Waals surface area (Å²) in [7, 11) is 0. The molecule has 0 spiro atoms. The van der Waals surface area contributed by atoms with Crippen molar-refractivity contribution in [3.05, 3.63) is 40.8 Å². The fraction of sp³-hybridized carbons (Fsp3) is 0.353. The van der Waals surface area contributed by atoms with Gasteiger partial charge in [0.15, 0.2) is 29.6 Å². The normalized spacial score (nSPS) is 12.5. The zero-order valence-electron chi connectivity index (χ0n) is 13.6. The SMILES string of the molecule is Cc1noc(C(C)C)c1C(=O)OCC(=O)c1ccc2c(c1)OCO2. The van der Waals surface area contributed by atoms with Crippen LogP contribution in [0.25, 0.3) is 0 Å². The second-order valence-corrected chi connectivity index (χ2v) is 5.73. The van der Waals surface area contributed by atoms with Crippen molar-refractivity contribution in [2.45, 2.75) is 26.7 Å². The van der Waals surface area contributed by atoms with Gasteiger partial charge in [0.25, 0.3) is 0 Å². The predicted molar refractivity (Wildman–Crippen MR) is 82.5 cm³/mol. The summed E-state index contributed by atoms with van der Waals surface area (Å²) in [5.41, 5.74) is 1.11. The standard InChI is InChI=1S/C17H17NO6/c1-9(2)16-15(10(3)18-24-16)17(20)21-7-12(19)11-4-5-13-14(6-11)23-8-22-13/h4-6,9H,7-8H2,1-3H3. The fourth-order valence-electron chi connectivity index (χ4n) is 2.39. The highest BCUT2D eigenvalue weighted by Crippen LogP contribution is 2.32. The molecule has 0 saturated carbocycles. The summed E-state index contributed by atoms with van der Waals surface area (Å²) < 4.78 is 20.7. The molecule has 0 unspecified atom stereocenters. The van der Waals surface area contributed by atoms with Gasteiger partial charge in [-0.1, -0.05) is 19.0 Å². The van der Waals surface area contributed by atoms with Gasteiger partial charge in [0.2, 0.25) is 6.79 Å². The van der Waals surface area contributed by atoms with Crippen LogP contribution >= 0.6 is 0 Å². The molecule has 0 atom stereocenters. The van der Waals surface area contributed by atoms with Crippen molar-refractivity contribution in [1.29, 1.82) is 0 Å². The van der Waals surface area contributed by atoms with Crippen LogP contribution in [0.3, 0.4) is 0 Å². The smallest absolute Gasteiger partial charge is 0.344 e. The van der Waals surface area contributed by atoms with E-state index in [9.17, 15) is 9.59 Å². The Hall–Kier alpha value is -2.83. The van der Waals surface area contributed by atoms with Crippen molar-refractivity contribution < 1.29 is 28.3 Å². The number of fused-ring (bicyclic) bond motifs is 1. The van der Waals surface area contributed by atoms with Crippen LogP contribution in [-0.2, 0) is 4.74 Å². The highest BCUT2D eigenvalue weighted by molar-refractivity contribution is 6.00. The van der Waals surface area contributed by atoms with Crippen LogP contribution in [0.4, 0.5) is 0 Å². The van der Waals surface area contributed by atoms with Gasteiger partial charge in [0.05, 0.1) is 5.69 Å². The first-order valence-electron chi connectivity index (χ1n) is 7.53. The summed E-state index contributed by atoms with van der Waals surface area (Å²) in [5.74, 6) is 0.578. The summed E-state index contributed by atoms with van der Waals surface area (Å²) in [6, 6.07) is 4.83. The molecule has 1 aliphatic rings. The van der Waals surface area contributed by atoms with E-state index >= 15 is 0 Å². The number of carbonyl (C=O) groups excluding carboxylic acids is 2. The average molecular weight is 331 g/mol. The molecule has 24 heavy (non-hydrogen) atoms. The molecule has 1 aliphatic heterocycles. The minimum Gasteiger partial charge on any atom is -0.454 e. The number of ketones is 1. The van der Waals surface area contributed by atoms with Gasteiger partial charge >= 0.3 is 5.97 Å². The molecule has 0 N–H and O–H groups in total. The number of benzene rings is 1. The number of esters is 1. The average Bonchev–Trinajstić information content (AvgIpc) is 3.17. The van der Waals surface area contributed by atoms with Gasteiger partial charge in [0.1, 0.15) is 5.56 Å². The van der Waals surface area contributed by atoms with Crippen LogP contribution < -0.4 is 9.47 Å². The summed E-state index contributed by atoms with van der Waals surface area (Å²) in [6.45, 7) is 5.18. The highest BCUT2D eigenvalue weighted by atomic mass is 16.7. The van der Waals surface area contributed by atoms with E-state index in [2.05, 4.69) is 5.16 Å². The maximum Gasteiger partial charge on any atom is 0.344 e. The maximum atomic E-state index is 12.3. The quantitative estimate of drug-likeness (QED) is 0.615. The highest BCUT2D eigenvalue weighted by Gasteiger charge is 2.25. The molecule has 0 aliphatic carbocycles. The van der Waals surface area contributed by atoms with Crippen LogP contribution in [0.5, 0.6) is 11.5 Å². The lowest BCUT2D eigenvalue weighted by atomic mass is 10.1. The third kappa shape index (κ3) is 2.97. The monoisotopic (exact) mass is 331 g/mol. The van der Waals surface area contributed by atoms with Crippen molar-refractivity contribution in [1.82, 2.24) is 5.16 Å². The topological polar surface area (TPSA) is 87.9 Å². The Morgan fingerprint density at radius 3 is 2.75 bits per heavy atom. The summed E-state index contributed by atoms with van der Waals surface area (Å²) in [5, 5.41) is 3.79. The van der Waals surface area contributed by atoms with Crippen molar-refractivity contribution >= 4 is 11.8 Å². The Bertz CT molecular complexity index is 792. The number of Topliss-reactive ketones (excluding diaryl/α,β-unsaturated/α-hetero) is 1. The molecule has 0 fully saturated rings. The van der Waals surface area contributed by atoms with Gasteiger partial charge in [-0.25, -0.2) is 4.79 Å². The number of aryl methyl sites for hydroxylation is 1. The molecule has 1 aromatic heterocycles. The van der Waals surface area contributed by atoms with Gasteiger partial charge in [-0.2, -0.15) is 0 Å². The molecule has 0 bridgehead atoms. The molecule has 0 radical (unpaired) electrons. The van der Waals surface area contributed by atoms with E-state index in [0.29, 0.717) is 28.5 Å². The van der Waals surface area contributed by atoms with Gasteiger partial charge in [0, 0.05) is 11.5 Å². The molecule has 7 heteroatoms. The molecule has 3 rings (SSSR count). The fourth-order valence-corrected chi connectivity index (χ4v) is 2.39. The Morgan fingerprint density at radius 2 is 2.00 bits per heavy atom. The first-order valence-corrected chi connectivity index (χ1v) is 7.53. The second-order valence-electron chi connectivity index (χ2n) is 5.73. The van der Waals surface area contributed by atoms with Crippen molar-refractivity contribution in [3.63, 3.8) is 0 Å². The predicted octanol–water partition coefficient (Wildman–Crippen LogP) is 2.87. The molecule has 7 nitrogen and oxygen atoms in total. The van der Waals surface area contributed by atoms with Gasteiger partial charge in [-0.3, -0.25) is 4.79 Å². The molecule has 1 aromatic carbocycles. The molecule has 0 amide bonds. The Balaban J connectivity index is 1.68. The number of carbonyl (C=O) groups is 2. The summed E-state index contributed by atoms with van der Waals surface area (Å²) in [6.07, 6.45) is 0. The molecule has 0 saturated heterocycles.